The van der Waals surface area contributed by atoms with Crippen molar-refractivity contribution < 1.29 is 0 Å². The molecular formula is C12H11ClN2. The summed E-state index contributed by atoms with van der Waals surface area (Å²) in [5.41, 5.74) is 0.975. The maximum Gasteiger partial charge on any atom is 0.126 e. The summed E-state index contributed by atoms with van der Waals surface area (Å²) in [6, 6.07) is 11.9. The van der Waals surface area contributed by atoms with E-state index in [1.807, 2.05) is 36.4 Å². The van der Waals surface area contributed by atoms with Gasteiger partial charge < -0.3 is 5.32 Å². The van der Waals surface area contributed by atoms with Gasteiger partial charge in [-0.05, 0) is 18.2 Å². The fraction of sp³-hybridized carbons (Fsp3) is 0.0833. The number of halogens is 1. The van der Waals surface area contributed by atoms with Crippen LogP contribution in [0.1, 0.15) is 0 Å². The van der Waals surface area contributed by atoms with E-state index in [4.69, 9.17) is 11.6 Å². The van der Waals surface area contributed by atoms with Gasteiger partial charge in [0.15, 0.2) is 0 Å². The van der Waals surface area contributed by atoms with Gasteiger partial charge in [-0.1, -0.05) is 36.4 Å². The van der Waals surface area contributed by atoms with Crippen LogP contribution in [0.25, 0.3) is 10.9 Å². The van der Waals surface area contributed by atoms with Crippen LogP contribution < -0.4 is 5.32 Å². The highest BCUT2D eigenvalue weighted by Crippen LogP contribution is 2.14. The third-order valence-corrected chi connectivity index (χ3v) is 2.19. The van der Waals surface area contributed by atoms with Crippen molar-refractivity contribution in [2.24, 2.45) is 0 Å². The van der Waals surface area contributed by atoms with Crippen molar-refractivity contribution >= 4 is 28.3 Å². The van der Waals surface area contributed by atoms with Crippen molar-refractivity contribution in [3.63, 3.8) is 0 Å². The normalized spacial score (nSPS) is 10.2. The molecule has 0 saturated carbocycles. The Morgan fingerprint density at radius 2 is 2.07 bits per heavy atom. The Kier molecular flexibility index (Phi) is 2.88. The van der Waals surface area contributed by atoms with Crippen LogP contribution in [-0.4, -0.2) is 11.5 Å². The summed E-state index contributed by atoms with van der Waals surface area (Å²) < 4.78 is 0. The van der Waals surface area contributed by atoms with E-state index in [2.05, 4.69) is 16.9 Å². The molecule has 2 rings (SSSR count). The lowest BCUT2D eigenvalue weighted by atomic mass is 10.2. The summed E-state index contributed by atoms with van der Waals surface area (Å²) in [4.78, 5) is 4.44. The molecule has 0 spiro atoms. The molecule has 1 aromatic heterocycles. The number of nitrogens with one attached hydrogen (secondary N) is 1. The van der Waals surface area contributed by atoms with Gasteiger partial charge in [-0.25, -0.2) is 4.98 Å². The molecule has 1 heterocycles. The molecule has 2 aromatic rings. The fourth-order valence-electron chi connectivity index (χ4n) is 1.35. The van der Waals surface area contributed by atoms with Crippen molar-refractivity contribution in [1.82, 2.24) is 4.98 Å². The maximum atomic E-state index is 5.66. The van der Waals surface area contributed by atoms with Gasteiger partial charge in [-0.15, -0.1) is 0 Å². The predicted octanol–water partition coefficient (Wildman–Crippen LogP) is 3.40. The first-order chi connectivity index (χ1) is 7.25. The van der Waals surface area contributed by atoms with Crippen molar-refractivity contribution in [2.75, 3.05) is 11.9 Å². The Bertz CT molecular complexity index is 494. The number of para-hydroxylation sites is 1. The second-order valence-corrected chi connectivity index (χ2v) is 3.79. The Balaban J connectivity index is 2.26. The number of hydrogen-bond donors (Lipinski definition) is 1. The van der Waals surface area contributed by atoms with Gasteiger partial charge in [0.1, 0.15) is 5.82 Å². The number of fused-ring (bicyclic) bond motifs is 1. The molecule has 0 unspecified atom stereocenters. The minimum Gasteiger partial charge on any atom is -0.365 e. The van der Waals surface area contributed by atoms with Crippen LogP contribution >= 0.6 is 11.6 Å². The molecule has 0 atom stereocenters. The minimum atomic E-state index is 0.535. The predicted molar refractivity (Wildman–Crippen MR) is 65.2 cm³/mol. The van der Waals surface area contributed by atoms with Crippen LogP contribution in [0.15, 0.2) is 48.0 Å². The van der Waals surface area contributed by atoms with Gasteiger partial charge in [0.25, 0.3) is 0 Å². The van der Waals surface area contributed by atoms with Crippen LogP contribution in [0.3, 0.4) is 0 Å². The molecule has 15 heavy (non-hydrogen) atoms. The quantitative estimate of drug-likeness (QED) is 0.854. The van der Waals surface area contributed by atoms with E-state index in [-0.39, 0.29) is 0 Å². The zero-order valence-corrected chi connectivity index (χ0v) is 8.96. The Labute approximate surface area is 93.6 Å². The van der Waals surface area contributed by atoms with Crippen molar-refractivity contribution in [1.29, 1.82) is 0 Å². The van der Waals surface area contributed by atoms with E-state index in [1.165, 1.54) is 0 Å². The highest BCUT2D eigenvalue weighted by Gasteiger charge is 1.96. The molecule has 1 aromatic carbocycles. The molecule has 0 aliphatic heterocycles. The number of anilines is 1. The molecule has 3 heteroatoms. The van der Waals surface area contributed by atoms with Crippen LogP contribution in [0.4, 0.5) is 5.82 Å². The van der Waals surface area contributed by atoms with E-state index < -0.39 is 0 Å². The lowest BCUT2D eigenvalue weighted by molar-refractivity contribution is 1.25. The second kappa shape index (κ2) is 4.32. The second-order valence-electron chi connectivity index (χ2n) is 3.26. The molecule has 0 radical (unpaired) electrons. The summed E-state index contributed by atoms with van der Waals surface area (Å²) in [5, 5.41) is 4.80. The van der Waals surface area contributed by atoms with E-state index >= 15 is 0 Å². The standard InChI is InChI=1S/C12H11ClN2/c1-9(13)8-14-12-7-6-10-4-2-3-5-11(10)15-12/h2-7H,1,8H2,(H,14,15). The number of hydrogen-bond acceptors (Lipinski definition) is 2. The van der Waals surface area contributed by atoms with Crippen molar-refractivity contribution in [3.8, 4) is 0 Å². The summed E-state index contributed by atoms with van der Waals surface area (Å²) in [6.45, 7) is 4.14. The smallest absolute Gasteiger partial charge is 0.126 e. The number of nitrogens with zero attached hydrogens (tertiary/aromatic N) is 1. The largest absolute Gasteiger partial charge is 0.365 e. The average Bonchev–Trinajstić information content (AvgIpc) is 2.26. The van der Waals surface area contributed by atoms with Crippen LogP contribution in [0, 0.1) is 0 Å². The van der Waals surface area contributed by atoms with Crippen LogP contribution in [-0.2, 0) is 0 Å². The van der Waals surface area contributed by atoms with E-state index in [9.17, 15) is 0 Å². The molecule has 0 aliphatic carbocycles. The molecule has 1 N–H and O–H groups in total. The highest BCUT2D eigenvalue weighted by molar-refractivity contribution is 6.29. The number of rotatable bonds is 3. The van der Waals surface area contributed by atoms with E-state index in [0.29, 0.717) is 11.6 Å². The minimum absolute atomic E-state index is 0.535. The van der Waals surface area contributed by atoms with Gasteiger partial charge in [-0.2, -0.15) is 0 Å². The maximum absolute atomic E-state index is 5.66. The molecular weight excluding hydrogens is 208 g/mol. The Morgan fingerprint density at radius 1 is 1.27 bits per heavy atom. The lowest BCUT2D eigenvalue weighted by Gasteiger charge is -2.05. The third kappa shape index (κ3) is 2.48. The summed E-state index contributed by atoms with van der Waals surface area (Å²) in [6.07, 6.45) is 0. The zero-order valence-electron chi connectivity index (χ0n) is 8.20. The van der Waals surface area contributed by atoms with Crippen molar-refractivity contribution in [2.45, 2.75) is 0 Å². The molecule has 0 aliphatic rings. The molecule has 0 saturated heterocycles. The molecule has 0 fully saturated rings. The molecule has 0 bridgehead atoms. The molecule has 76 valence electrons. The summed E-state index contributed by atoms with van der Waals surface area (Å²) >= 11 is 5.66. The highest BCUT2D eigenvalue weighted by atomic mass is 35.5. The third-order valence-electron chi connectivity index (χ3n) is 2.06. The van der Waals surface area contributed by atoms with Crippen molar-refractivity contribution in [3.05, 3.63) is 48.0 Å². The van der Waals surface area contributed by atoms with Crippen LogP contribution in [0.2, 0.25) is 0 Å². The average molecular weight is 219 g/mol. The van der Waals surface area contributed by atoms with Gasteiger partial charge in [0.05, 0.1) is 12.1 Å². The topological polar surface area (TPSA) is 24.9 Å². The summed E-state index contributed by atoms with van der Waals surface area (Å²) in [5.74, 6) is 0.815. The fourth-order valence-corrected chi connectivity index (χ4v) is 1.42. The van der Waals surface area contributed by atoms with E-state index in [0.717, 1.165) is 16.7 Å². The first-order valence-corrected chi connectivity index (χ1v) is 5.06. The van der Waals surface area contributed by atoms with E-state index in [1.54, 1.807) is 0 Å². The Hall–Kier alpha value is -1.54. The monoisotopic (exact) mass is 218 g/mol. The first kappa shape index (κ1) is 9.99. The number of pyridine rings is 1. The number of benzene rings is 1. The Morgan fingerprint density at radius 3 is 2.87 bits per heavy atom. The van der Waals surface area contributed by atoms with Gasteiger partial charge >= 0.3 is 0 Å². The first-order valence-electron chi connectivity index (χ1n) is 4.68. The summed E-state index contributed by atoms with van der Waals surface area (Å²) in [7, 11) is 0. The van der Waals surface area contributed by atoms with Gasteiger partial charge in [0, 0.05) is 10.4 Å². The number of aromatic nitrogens is 1. The molecule has 2 nitrogen and oxygen atoms in total. The van der Waals surface area contributed by atoms with Crippen LogP contribution in [0.5, 0.6) is 0 Å². The zero-order chi connectivity index (χ0) is 10.7. The van der Waals surface area contributed by atoms with Gasteiger partial charge in [0.2, 0.25) is 0 Å². The lowest BCUT2D eigenvalue weighted by Crippen LogP contribution is -2.02. The molecule has 0 amide bonds. The van der Waals surface area contributed by atoms with Gasteiger partial charge in [-0.3, -0.25) is 0 Å². The SMILES string of the molecule is C=C(Cl)CNc1ccc2ccccc2n1.